The zero-order valence-corrected chi connectivity index (χ0v) is 14.8. The smallest absolute Gasteiger partial charge is 0.351 e. The van der Waals surface area contributed by atoms with Crippen LogP contribution in [-0.4, -0.2) is 19.6 Å². The van der Waals surface area contributed by atoms with Gasteiger partial charge in [-0.15, -0.1) is 0 Å². The van der Waals surface area contributed by atoms with E-state index < -0.39 is 38.5 Å². The first kappa shape index (κ1) is 20.0. The third-order valence-corrected chi connectivity index (χ3v) is 5.89. The zero-order valence-electron chi connectivity index (χ0n) is 14.0. The fourth-order valence-electron chi connectivity index (χ4n) is 2.24. The Morgan fingerprint density at radius 3 is 2.12 bits per heavy atom. The van der Waals surface area contributed by atoms with Crippen molar-refractivity contribution < 1.29 is 26.4 Å². The second-order valence-electron chi connectivity index (χ2n) is 5.85. The first-order chi connectivity index (χ1) is 12.1. The highest BCUT2D eigenvalue weighted by atomic mass is 32.2. The Labute approximate surface area is 150 Å². The molecule has 1 amide bonds. The predicted molar refractivity (Wildman–Crippen MR) is 91.8 cm³/mol. The minimum atomic E-state index is -4.48. The van der Waals surface area contributed by atoms with Gasteiger partial charge in [-0.1, -0.05) is 42.5 Å². The molecular weight excluding hydrogens is 367 g/mol. The molecule has 140 valence electrons. The average molecular weight is 385 g/mol. The number of nitrogens with one attached hydrogen (secondary N) is 1. The van der Waals surface area contributed by atoms with Gasteiger partial charge < -0.3 is 5.32 Å². The fraction of sp³-hybridized carbons (Fsp3) is 0.278. The maximum absolute atomic E-state index is 12.5. The van der Waals surface area contributed by atoms with E-state index in [2.05, 4.69) is 5.32 Å². The van der Waals surface area contributed by atoms with Crippen LogP contribution in [0, 0.1) is 0 Å². The maximum Gasteiger partial charge on any atom is 0.416 e. The summed E-state index contributed by atoms with van der Waals surface area (Å²) in [6, 6.07) is 12.9. The summed E-state index contributed by atoms with van der Waals surface area (Å²) in [5.74, 6) is -1.16. The molecule has 0 heterocycles. The molecule has 0 aromatic heterocycles. The van der Waals surface area contributed by atoms with Gasteiger partial charge >= 0.3 is 6.18 Å². The Morgan fingerprint density at radius 1 is 1.00 bits per heavy atom. The molecule has 0 saturated heterocycles. The molecule has 0 aliphatic heterocycles. The van der Waals surface area contributed by atoms with Crippen LogP contribution in [0.25, 0.3) is 0 Å². The standard InChI is InChI=1S/C18H18F3NO3S/c1-13(17(23)22-11-14-5-3-2-4-6-14)26(24,25)12-15-7-9-16(10-8-15)18(19,20)21/h2-10,13H,11-12H2,1H3,(H,22,23)/t13-/m0/s1. The van der Waals surface area contributed by atoms with Crippen LogP contribution in [0.1, 0.15) is 23.6 Å². The van der Waals surface area contributed by atoms with Gasteiger partial charge in [-0.25, -0.2) is 8.42 Å². The van der Waals surface area contributed by atoms with E-state index in [4.69, 9.17) is 0 Å². The first-order valence-corrected chi connectivity index (χ1v) is 9.50. The van der Waals surface area contributed by atoms with Gasteiger partial charge in [0, 0.05) is 6.54 Å². The van der Waals surface area contributed by atoms with Crippen LogP contribution in [0.4, 0.5) is 13.2 Å². The molecule has 2 aromatic carbocycles. The normalized spacial score (nSPS) is 13.2. The Kier molecular flexibility index (Phi) is 6.07. The molecule has 1 N–H and O–H groups in total. The monoisotopic (exact) mass is 385 g/mol. The topological polar surface area (TPSA) is 63.2 Å². The highest BCUT2D eigenvalue weighted by molar-refractivity contribution is 7.92. The molecule has 0 fully saturated rings. The van der Waals surface area contributed by atoms with Crippen molar-refractivity contribution in [2.24, 2.45) is 0 Å². The Hall–Kier alpha value is -2.35. The first-order valence-electron chi connectivity index (χ1n) is 7.79. The van der Waals surface area contributed by atoms with E-state index in [1.54, 1.807) is 24.3 Å². The number of sulfone groups is 1. The van der Waals surface area contributed by atoms with Crippen molar-refractivity contribution in [3.8, 4) is 0 Å². The SMILES string of the molecule is C[C@@H](C(=O)NCc1ccccc1)S(=O)(=O)Cc1ccc(C(F)(F)F)cc1. The number of hydrogen-bond acceptors (Lipinski definition) is 3. The second-order valence-corrected chi connectivity index (χ2v) is 8.17. The lowest BCUT2D eigenvalue weighted by atomic mass is 10.1. The van der Waals surface area contributed by atoms with Crippen molar-refractivity contribution in [2.75, 3.05) is 0 Å². The van der Waals surface area contributed by atoms with Gasteiger partial charge in [0.15, 0.2) is 9.84 Å². The molecule has 0 aliphatic carbocycles. The summed E-state index contributed by atoms with van der Waals surface area (Å²) >= 11 is 0. The van der Waals surface area contributed by atoms with Gasteiger partial charge in [-0.3, -0.25) is 4.79 Å². The van der Waals surface area contributed by atoms with Gasteiger partial charge in [-0.2, -0.15) is 13.2 Å². The van der Waals surface area contributed by atoms with E-state index >= 15 is 0 Å². The quantitative estimate of drug-likeness (QED) is 0.830. The number of rotatable bonds is 6. The lowest BCUT2D eigenvalue weighted by molar-refractivity contribution is -0.137. The molecule has 0 aliphatic rings. The van der Waals surface area contributed by atoms with Crippen molar-refractivity contribution in [1.82, 2.24) is 5.32 Å². The molecule has 26 heavy (non-hydrogen) atoms. The van der Waals surface area contributed by atoms with Crippen LogP contribution < -0.4 is 5.32 Å². The summed E-state index contributed by atoms with van der Waals surface area (Å²) in [4.78, 5) is 12.1. The van der Waals surface area contributed by atoms with Crippen LogP contribution in [0.5, 0.6) is 0 Å². The van der Waals surface area contributed by atoms with Gasteiger partial charge in [0.1, 0.15) is 5.25 Å². The van der Waals surface area contributed by atoms with Crippen molar-refractivity contribution >= 4 is 15.7 Å². The number of halogens is 3. The molecular formula is C18H18F3NO3S. The summed E-state index contributed by atoms with van der Waals surface area (Å²) in [5.41, 5.74) is 0.168. The van der Waals surface area contributed by atoms with E-state index in [1.807, 2.05) is 6.07 Å². The lowest BCUT2D eigenvalue weighted by Crippen LogP contribution is -2.38. The number of hydrogen-bond donors (Lipinski definition) is 1. The van der Waals surface area contributed by atoms with E-state index in [0.717, 1.165) is 29.8 Å². The Bertz CT molecular complexity index is 848. The summed E-state index contributed by atoms with van der Waals surface area (Å²) in [6.07, 6.45) is -4.48. The lowest BCUT2D eigenvalue weighted by Gasteiger charge is -2.14. The van der Waals surface area contributed by atoms with Gasteiger partial charge in [0.25, 0.3) is 0 Å². The minimum Gasteiger partial charge on any atom is -0.351 e. The largest absolute Gasteiger partial charge is 0.416 e. The van der Waals surface area contributed by atoms with E-state index in [0.29, 0.717) is 0 Å². The van der Waals surface area contributed by atoms with Crippen LogP contribution >= 0.6 is 0 Å². The van der Waals surface area contributed by atoms with Gasteiger partial charge in [0.05, 0.1) is 11.3 Å². The molecule has 0 saturated carbocycles. The molecule has 2 rings (SSSR count). The van der Waals surface area contributed by atoms with Crippen molar-refractivity contribution in [3.63, 3.8) is 0 Å². The van der Waals surface area contributed by atoms with Crippen LogP contribution in [0.15, 0.2) is 54.6 Å². The maximum atomic E-state index is 12.5. The second kappa shape index (κ2) is 7.90. The van der Waals surface area contributed by atoms with E-state index in [-0.39, 0.29) is 12.1 Å². The Balaban J connectivity index is 2.00. The molecule has 0 unspecified atom stereocenters. The number of carbonyl (C=O) groups excluding carboxylic acids is 1. The van der Waals surface area contributed by atoms with Crippen LogP contribution in [0.2, 0.25) is 0 Å². The summed E-state index contributed by atoms with van der Waals surface area (Å²) in [6.45, 7) is 1.46. The fourth-order valence-corrected chi connectivity index (χ4v) is 3.56. The Morgan fingerprint density at radius 2 is 1.58 bits per heavy atom. The number of alkyl halides is 3. The van der Waals surface area contributed by atoms with Gasteiger partial charge in [0.2, 0.25) is 5.91 Å². The van der Waals surface area contributed by atoms with Crippen LogP contribution in [-0.2, 0) is 33.1 Å². The van der Waals surface area contributed by atoms with Gasteiger partial charge in [-0.05, 0) is 30.2 Å². The molecule has 2 aromatic rings. The van der Waals surface area contributed by atoms with Crippen molar-refractivity contribution in [3.05, 3.63) is 71.3 Å². The minimum absolute atomic E-state index is 0.194. The van der Waals surface area contributed by atoms with E-state index in [9.17, 15) is 26.4 Å². The number of benzene rings is 2. The predicted octanol–water partition coefficient (Wildman–Crippen LogP) is 3.33. The highest BCUT2D eigenvalue weighted by Crippen LogP contribution is 2.29. The summed E-state index contributed by atoms with van der Waals surface area (Å²) < 4.78 is 62.3. The van der Waals surface area contributed by atoms with Crippen molar-refractivity contribution in [2.45, 2.75) is 30.6 Å². The summed E-state index contributed by atoms with van der Waals surface area (Å²) in [5, 5.41) is 1.24. The molecule has 0 spiro atoms. The third-order valence-electron chi connectivity index (χ3n) is 3.87. The highest BCUT2D eigenvalue weighted by Gasteiger charge is 2.31. The summed E-state index contributed by atoms with van der Waals surface area (Å²) in [7, 11) is -3.86. The number of amides is 1. The molecule has 1 atom stereocenters. The molecule has 8 heteroatoms. The van der Waals surface area contributed by atoms with E-state index in [1.165, 1.54) is 6.92 Å². The molecule has 4 nitrogen and oxygen atoms in total. The molecule has 0 bridgehead atoms. The third kappa shape index (κ3) is 5.32. The molecule has 0 radical (unpaired) electrons. The van der Waals surface area contributed by atoms with Crippen molar-refractivity contribution in [1.29, 1.82) is 0 Å². The zero-order chi connectivity index (χ0) is 19.4. The number of carbonyl (C=O) groups is 1. The van der Waals surface area contributed by atoms with Crippen LogP contribution in [0.3, 0.4) is 0 Å². The average Bonchev–Trinajstić information content (AvgIpc) is 2.59.